The minimum atomic E-state index is -0.408. The van der Waals surface area contributed by atoms with E-state index in [1.165, 1.54) is 29.9 Å². The highest BCUT2D eigenvalue weighted by molar-refractivity contribution is 8.00. The largest absolute Gasteiger partial charge is 0.448 e. The van der Waals surface area contributed by atoms with E-state index in [9.17, 15) is 14.4 Å². The van der Waals surface area contributed by atoms with Crippen LogP contribution >= 0.6 is 34.7 Å². The first-order valence-electron chi connectivity index (χ1n) is 10.6. The van der Waals surface area contributed by atoms with Crippen LogP contribution in [0.15, 0.2) is 31.5 Å². The molecule has 1 amide bonds. The Morgan fingerprint density at radius 1 is 1.29 bits per heavy atom. The Kier molecular flexibility index (Phi) is 5.73. The van der Waals surface area contributed by atoms with Gasteiger partial charge in [-0.05, 0) is 30.7 Å². The smallest absolute Gasteiger partial charge is 0.331 e. The topological polar surface area (TPSA) is 104 Å². The molecule has 0 unspecified atom stereocenters. The number of hydrogen-bond donors (Lipinski definition) is 1. The van der Waals surface area contributed by atoms with E-state index in [0.29, 0.717) is 40.5 Å². The van der Waals surface area contributed by atoms with Gasteiger partial charge in [-0.25, -0.2) is 9.78 Å². The van der Waals surface area contributed by atoms with Gasteiger partial charge in [-0.2, -0.15) is 0 Å². The number of nitrogens with one attached hydrogen (secondary N) is 1. The highest BCUT2D eigenvalue weighted by atomic mass is 35.5. The van der Waals surface area contributed by atoms with Crippen molar-refractivity contribution in [2.24, 2.45) is 14.1 Å². The quantitative estimate of drug-likeness (QED) is 0.444. The summed E-state index contributed by atoms with van der Waals surface area (Å²) in [6.45, 7) is 4.34. The summed E-state index contributed by atoms with van der Waals surface area (Å²) in [4.78, 5) is 42.7. The molecule has 9 nitrogen and oxygen atoms in total. The second kappa shape index (κ2) is 8.47. The van der Waals surface area contributed by atoms with Crippen molar-refractivity contribution >= 4 is 51.5 Å². The van der Waals surface area contributed by atoms with Crippen molar-refractivity contribution in [1.82, 2.24) is 24.0 Å². The van der Waals surface area contributed by atoms with Crippen LogP contribution in [0, 0.1) is 6.92 Å². The molecule has 1 N–H and O–H groups in total. The van der Waals surface area contributed by atoms with E-state index in [4.69, 9.17) is 16.0 Å². The van der Waals surface area contributed by atoms with Gasteiger partial charge in [0.05, 0.1) is 22.3 Å². The summed E-state index contributed by atoms with van der Waals surface area (Å²) < 4.78 is 10.5. The number of carbonyl (C=O) groups is 1. The highest BCUT2D eigenvalue weighted by Gasteiger charge is 2.38. The number of thiazole rings is 1. The lowest BCUT2D eigenvalue weighted by Gasteiger charge is -2.31. The van der Waals surface area contributed by atoms with Crippen molar-refractivity contribution in [2.75, 3.05) is 6.54 Å². The molecule has 0 fully saturated rings. The molecule has 4 aromatic heterocycles. The third-order valence-electron chi connectivity index (χ3n) is 5.92. The predicted molar refractivity (Wildman–Crippen MR) is 134 cm³/mol. The number of furan rings is 1. The average molecular weight is 520 g/mol. The van der Waals surface area contributed by atoms with Gasteiger partial charge >= 0.3 is 5.69 Å². The summed E-state index contributed by atoms with van der Waals surface area (Å²) in [5.74, 6) is 0.492. The molecule has 2 atom stereocenters. The maximum atomic E-state index is 13.5. The molecule has 0 saturated carbocycles. The Morgan fingerprint density at radius 3 is 2.68 bits per heavy atom. The molecule has 0 bridgehead atoms. The zero-order valence-electron chi connectivity index (χ0n) is 18.9. The Balaban J connectivity index is 1.87. The Bertz CT molecular complexity index is 1560. The lowest BCUT2D eigenvalue weighted by atomic mass is 10.2. The summed E-state index contributed by atoms with van der Waals surface area (Å²) in [5, 5.41) is 5.85. The van der Waals surface area contributed by atoms with Crippen molar-refractivity contribution < 1.29 is 9.21 Å². The lowest BCUT2D eigenvalue weighted by Crippen LogP contribution is -2.37. The predicted octanol–water partition coefficient (Wildman–Crippen LogP) is 3.06. The molecule has 12 heteroatoms. The number of fused-ring (bicyclic) bond motifs is 3. The van der Waals surface area contributed by atoms with E-state index in [0.717, 1.165) is 16.0 Å². The fourth-order valence-electron chi connectivity index (χ4n) is 4.43. The molecule has 0 spiro atoms. The van der Waals surface area contributed by atoms with E-state index in [-0.39, 0.29) is 27.2 Å². The molecule has 0 saturated heterocycles. The van der Waals surface area contributed by atoms with Crippen LogP contribution in [0.5, 0.6) is 0 Å². The van der Waals surface area contributed by atoms with Gasteiger partial charge in [0.1, 0.15) is 16.0 Å². The molecule has 0 radical (unpaired) electrons. The standard InChI is InChI=1S/C22H22ClN5O4S2/c1-10-9-33-20(25-10)17-15-16(26(3)22(31)27(4)21(15)30)18-19(13-5-6-14(23)32-13)34-12(8-28(17)18)7-24-11(2)29/h5-6,9,12,19H,7-8H2,1-4H3,(H,24,29)/t12-,19-/m1/s1. The Hall–Kier alpha value is -2.76. The molecular weight excluding hydrogens is 498 g/mol. The van der Waals surface area contributed by atoms with Crippen LogP contribution in [-0.4, -0.2) is 36.4 Å². The van der Waals surface area contributed by atoms with Crippen molar-refractivity contribution in [3.05, 3.63) is 60.7 Å². The highest BCUT2D eigenvalue weighted by Crippen LogP contribution is 2.49. The van der Waals surface area contributed by atoms with Crippen LogP contribution in [0.1, 0.15) is 29.3 Å². The van der Waals surface area contributed by atoms with E-state index in [2.05, 4.69) is 14.9 Å². The zero-order valence-corrected chi connectivity index (χ0v) is 21.3. The fraction of sp³-hybridized carbons (Fsp3) is 0.364. The first-order chi connectivity index (χ1) is 16.2. The Morgan fingerprint density at radius 2 is 2.06 bits per heavy atom. The maximum absolute atomic E-state index is 13.5. The van der Waals surface area contributed by atoms with Gasteiger partial charge in [0.15, 0.2) is 5.22 Å². The van der Waals surface area contributed by atoms with Gasteiger partial charge in [-0.15, -0.1) is 23.1 Å². The second-order valence-corrected chi connectivity index (χ2v) is 10.9. The summed E-state index contributed by atoms with van der Waals surface area (Å²) in [7, 11) is 3.15. The molecule has 1 aliphatic heterocycles. The summed E-state index contributed by atoms with van der Waals surface area (Å²) in [6, 6.07) is 3.48. The number of hydrogen-bond acceptors (Lipinski definition) is 7. The maximum Gasteiger partial charge on any atom is 0.331 e. The zero-order chi connectivity index (χ0) is 24.3. The molecule has 34 heavy (non-hydrogen) atoms. The van der Waals surface area contributed by atoms with E-state index in [1.54, 1.807) is 30.9 Å². The lowest BCUT2D eigenvalue weighted by molar-refractivity contribution is -0.118. The normalized spacial score (nSPS) is 17.8. The molecule has 5 rings (SSSR count). The van der Waals surface area contributed by atoms with Crippen molar-refractivity contribution in [3.63, 3.8) is 0 Å². The summed E-state index contributed by atoms with van der Waals surface area (Å²) in [5.41, 5.74) is 2.08. The van der Waals surface area contributed by atoms with Gasteiger partial charge in [-0.1, -0.05) is 0 Å². The van der Waals surface area contributed by atoms with Crippen LogP contribution in [0.2, 0.25) is 5.22 Å². The van der Waals surface area contributed by atoms with E-state index in [1.807, 2.05) is 12.3 Å². The molecule has 4 aromatic rings. The van der Waals surface area contributed by atoms with Gasteiger partial charge in [0, 0.05) is 50.4 Å². The number of aryl methyl sites for hydroxylation is 2. The van der Waals surface area contributed by atoms with Gasteiger partial charge < -0.3 is 14.3 Å². The number of carbonyl (C=O) groups excluding carboxylic acids is 1. The first-order valence-corrected chi connectivity index (χ1v) is 12.8. The van der Waals surface area contributed by atoms with Gasteiger partial charge in [0.2, 0.25) is 5.91 Å². The van der Waals surface area contributed by atoms with E-state index >= 15 is 0 Å². The van der Waals surface area contributed by atoms with E-state index < -0.39 is 5.69 Å². The van der Waals surface area contributed by atoms with Crippen LogP contribution in [0.4, 0.5) is 0 Å². The average Bonchev–Trinajstić information content (AvgIpc) is 3.50. The molecule has 178 valence electrons. The van der Waals surface area contributed by atoms with Crippen molar-refractivity contribution in [1.29, 1.82) is 0 Å². The number of amides is 1. The minimum Gasteiger partial charge on any atom is -0.448 e. The van der Waals surface area contributed by atoms with Crippen LogP contribution in [-0.2, 0) is 25.4 Å². The SMILES string of the molecule is CC(=O)NC[C@@H]1Cn2c(-c3nc(C)cs3)c3c(=O)n(C)c(=O)n(C)c3c2[C@@H](c2ccc(Cl)o2)S1. The molecule has 0 aliphatic carbocycles. The minimum absolute atomic E-state index is 0.0206. The Labute approximate surface area is 207 Å². The molecule has 5 heterocycles. The molecule has 0 aromatic carbocycles. The third kappa shape index (κ3) is 3.62. The number of halogens is 1. The van der Waals surface area contributed by atoms with Gasteiger partial charge in [-0.3, -0.25) is 18.7 Å². The number of aromatic nitrogens is 4. The summed E-state index contributed by atoms with van der Waals surface area (Å²) in [6.07, 6.45) is 0. The van der Waals surface area contributed by atoms with Crippen LogP contribution in [0.3, 0.4) is 0 Å². The van der Waals surface area contributed by atoms with Crippen LogP contribution < -0.4 is 16.6 Å². The molecular formula is C22H22ClN5O4S2. The number of rotatable bonds is 4. The fourth-order valence-corrected chi connectivity index (χ4v) is 6.86. The van der Waals surface area contributed by atoms with Gasteiger partial charge in [0.25, 0.3) is 5.56 Å². The van der Waals surface area contributed by atoms with Crippen molar-refractivity contribution in [2.45, 2.75) is 30.9 Å². The third-order valence-corrected chi connectivity index (χ3v) is 8.52. The monoisotopic (exact) mass is 519 g/mol. The summed E-state index contributed by atoms with van der Waals surface area (Å²) >= 11 is 9.17. The van der Waals surface area contributed by atoms with Crippen LogP contribution in [0.25, 0.3) is 21.6 Å². The number of thioether (sulfide) groups is 1. The molecule has 1 aliphatic rings. The number of nitrogens with zero attached hydrogens (tertiary/aromatic N) is 4. The first kappa shape index (κ1) is 23.0. The van der Waals surface area contributed by atoms with Crippen molar-refractivity contribution in [3.8, 4) is 10.7 Å². The second-order valence-electron chi connectivity index (χ2n) is 8.28.